The van der Waals surface area contributed by atoms with Crippen molar-refractivity contribution in [2.75, 3.05) is 19.8 Å². The van der Waals surface area contributed by atoms with E-state index in [2.05, 4.69) is 5.32 Å². The average Bonchev–Trinajstić information content (AvgIpc) is 2.58. The Kier molecular flexibility index (Phi) is 3.59. The van der Waals surface area contributed by atoms with Crippen molar-refractivity contribution in [1.29, 1.82) is 0 Å². The molecule has 1 aliphatic rings. The standard InChI is InChI=1S/C8H11NO2.ClH/c1-3-10-5-7(1)8-6-11-4-2-9-8;/h1,3,5,8-9H,2,4,6H2;1H/t8-;/m1./s1. The summed E-state index contributed by atoms with van der Waals surface area (Å²) in [6, 6.07) is 2.29. The number of hydrogen-bond donors (Lipinski definition) is 1. The first-order valence-electron chi connectivity index (χ1n) is 3.80. The third-order valence-electron chi connectivity index (χ3n) is 1.87. The van der Waals surface area contributed by atoms with Crippen molar-refractivity contribution >= 4 is 12.4 Å². The van der Waals surface area contributed by atoms with Crippen LogP contribution in [0.15, 0.2) is 23.0 Å². The molecule has 1 fully saturated rings. The van der Waals surface area contributed by atoms with E-state index in [4.69, 9.17) is 9.15 Å². The maximum Gasteiger partial charge on any atom is 0.0951 e. The molecule has 1 atom stereocenters. The SMILES string of the molecule is Cl.c1cc([C@H]2COCCN2)co1. The third kappa shape index (κ3) is 2.00. The summed E-state index contributed by atoms with van der Waals surface area (Å²) >= 11 is 0. The fraction of sp³-hybridized carbons (Fsp3) is 0.500. The summed E-state index contributed by atoms with van der Waals surface area (Å²) in [5, 5.41) is 3.34. The largest absolute Gasteiger partial charge is 0.472 e. The fourth-order valence-corrected chi connectivity index (χ4v) is 1.25. The monoisotopic (exact) mass is 189 g/mol. The molecule has 1 aromatic rings. The van der Waals surface area contributed by atoms with Gasteiger partial charge in [0.2, 0.25) is 0 Å². The highest BCUT2D eigenvalue weighted by Gasteiger charge is 2.15. The number of furan rings is 1. The Labute approximate surface area is 77.5 Å². The number of ether oxygens (including phenoxy) is 1. The molecule has 1 aromatic heterocycles. The summed E-state index contributed by atoms with van der Waals surface area (Å²) < 4.78 is 10.3. The van der Waals surface area contributed by atoms with Gasteiger partial charge in [0.25, 0.3) is 0 Å². The maximum atomic E-state index is 5.30. The molecule has 1 aliphatic heterocycles. The zero-order valence-electron chi connectivity index (χ0n) is 6.66. The molecule has 0 unspecified atom stereocenters. The van der Waals surface area contributed by atoms with Crippen molar-refractivity contribution in [3.05, 3.63) is 24.2 Å². The molecule has 2 rings (SSSR count). The van der Waals surface area contributed by atoms with Gasteiger partial charge in [0, 0.05) is 12.1 Å². The molecule has 3 nitrogen and oxygen atoms in total. The summed E-state index contributed by atoms with van der Waals surface area (Å²) in [7, 11) is 0. The summed E-state index contributed by atoms with van der Waals surface area (Å²) in [4.78, 5) is 0. The lowest BCUT2D eigenvalue weighted by atomic mass is 10.1. The number of halogens is 1. The number of nitrogens with one attached hydrogen (secondary N) is 1. The van der Waals surface area contributed by atoms with Crippen LogP contribution in [-0.4, -0.2) is 19.8 Å². The molecular formula is C8H12ClNO2. The van der Waals surface area contributed by atoms with Crippen LogP contribution in [0.3, 0.4) is 0 Å². The van der Waals surface area contributed by atoms with Gasteiger partial charge >= 0.3 is 0 Å². The normalized spacial score (nSPS) is 23.2. The second kappa shape index (κ2) is 4.50. The van der Waals surface area contributed by atoms with Gasteiger partial charge in [-0.3, -0.25) is 0 Å². The Hall–Kier alpha value is -0.510. The molecule has 1 N–H and O–H groups in total. The van der Waals surface area contributed by atoms with Crippen molar-refractivity contribution in [3.8, 4) is 0 Å². The van der Waals surface area contributed by atoms with Gasteiger partial charge in [-0.2, -0.15) is 0 Å². The van der Waals surface area contributed by atoms with Crippen LogP contribution >= 0.6 is 12.4 Å². The molecule has 0 spiro atoms. The van der Waals surface area contributed by atoms with E-state index in [0.29, 0.717) is 6.04 Å². The zero-order chi connectivity index (χ0) is 7.52. The van der Waals surface area contributed by atoms with Gasteiger partial charge < -0.3 is 14.5 Å². The van der Waals surface area contributed by atoms with E-state index in [1.807, 2.05) is 6.07 Å². The summed E-state index contributed by atoms with van der Waals surface area (Å²) in [6.45, 7) is 2.49. The van der Waals surface area contributed by atoms with E-state index in [1.165, 1.54) is 5.56 Å². The quantitative estimate of drug-likeness (QED) is 0.725. The molecule has 0 amide bonds. The lowest BCUT2D eigenvalue weighted by molar-refractivity contribution is 0.0767. The summed E-state index contributed by atoms with van der Waals surface area (Å²) in [5.74, 6) is 0. The number of hydrogen-bond acceptors (Lipinski definition) is 3. The Bertz CT molecular complexity index is 207. The first-order chi connectivity index (χ1) is 5.47. The highest BCUT2D eigenvalue weighted by Crippen LogP contribution is 2.15. The van der Waals surface area contributed by atoms with Crippen LogP contribution in [0.2, 0.25) is 0 Å². The Balaban J connectivity index is 0.000000720. The minimum absolute atomic E-state index is 0. The molecule has 0 aromatic carbocycles. The van der Waals surface area contributed by atoms with Gasteiger partial charge in [-0.1, -0.05) is 0 Å². The average molecular weight is 190 g/mol. The molecule has 0 aliphatic carbocycles. The third-order valence-corrected chi connectivity index (χ3v) is 1.87. The van der Waals surface area contributed by atoms with Crippen LogP contribution in [0, 0.1) is 0 Å². The highest BCUT2D eigenvalue weighted by molar-refractivity contribution is 5.85. The van der Waals surface area contributed by atoms with Gasteiger partial charge in [0.1, 0.15) is 0 Å². The molecule has 68 valence electrons. The van der Waals surface area contributed by atoms with Crippen molar-refractivity contribution in [1.82, 2.24) is 5.32 Å². The van der Waals surface area contributed by atoms with Crippen LogP contribution in [0.25, 0.3) is 0 Å². The molecule has 0 radical (unpaired) electrons. The summed E-state index contributed by atoms with van der Waals surface area (Å²) in [6.07, 6.45) is 3.44. The maximum absolute atomic E-state index is 5.30. The Morgan fingerprint density at radius 1 is 1.50 bits per heavy atom. The predicted molar refractivity (Wildman–Crippen MR) is 47.5 cm³/mol. The second-order valence-electron chi connectivity index (χ2n) is 2.64. The Morgan fingerprint density at radius 3 is 3.00 bits per heavy atom. The van der Waals surface area contributed by atoms with Crippen LogP contribution < -0.4 is 5.32 Å². The lowest BCUT2D eigenvalue weighted by Gasteiger charge is -2.22. The molecule has 1 saturated heterocycles. The van der Waals surface area contributed by atoms with E-state index >= 15 is 0 Å². The smallest absolute Gasteiger partial charge is 0.0951 e. The first-order valence-corrected chi connectivity index (χ1v) is 3.80. The molecule has 0 bridgehead atoms. The van der Waals surface area contributed by atoms with E-state index in [9.17, 15) is 0 Å². The highest BCUT2D eigenvalue weighted by atomic mass is 35.5. The second-order valence-corrected chi connectivity index (χ2v) is 2.64. The van der Waals surface area contributed by atoms with Gasteiger partial charge in [-0.15, -0.1) is 12.4 Å². The van der Waals surface area contributed by atoms with Gasteiger partial charge in [0.05, 0.1) is 31.8 Å². The van der Waals surface area contributed by atoms with Crippen LogP contribution in [0.5, 0.6) is 0 Å². The number of rotatable bonds is 1. The van der Waals surface area contributed by atoms with Crippen LogP contribution in [0.4, 0.5) is 0 Å². The molecule has 12 heavy (non-hydrogen) atoms. The van der Waals surface area contributed by atoms with Crippen molar-refractivity contribution in [3.63, 3.8) is 0 Å². The molecule has 4 heteroatoms. The predicted octanol–water partition coefficient (Wildman–Crippen LogP) is 1.36. The van der Waals surface area contributed by atoms with Crippen LogP contribution in [-0.2, 0) is 4.74 Å². The Morgan fingerprint density at radius 2 is 2.42 bits per heavy atom. The summed E-state index contributed by atoms with van der Waals surface area (Å²) in [5.41, 5.74) is 1.17. The molecule has 0 saturated carbocycles. The zero-order valence-corrected chi connectivity index (χ0v) is 7.47. The van der Waals surface area contributed by atoms with Crippen molar-refractivity contribution < 1.29 is 9.15 Å². The van der Waals surface area contributed by atoms with Crippen molar-refractivity contribution in [2.24, 2.45) is 0 Å². The van der Waals surface area contributed by atoms with Crippen molar-refractivity contribution in [2.45, 2.75) is 6.04 Å². The number of morpholine rings is 1. The minimum atomic E-state index is 0. The van der Waals surface area contributed by atoms with E-state index < -0.39 is 0 Å². The van der Waals surface area contributed by atoms with Gasteiger partial charge in [-0.25, -0.2) is 0 Å². The molecule has 2 heterocycles. The topological polar surface area (TPSA) is 34.4 Å². The minimum Gasteiger partial charge on any atom is -0.472 e. The van der Waals surface area contributed by atoms with E-state index in [-0.39, 0.29) is 12.4 Å². The van der Waals surface area contributed by atoms with Crippen LogP contribution in [0.1, 0.15) is 11.6 Å². The molecular weight excluding hydrogens is 178 g/mol. The fourth-order valence-electron chi connectivity index (χ4n) is 1.25. The van der Waals surface area contributed by atoms with E-state index in [0.717, 1.165) is 19.8 Å². The lowest BCUT2D eigenvalue weighted by Crippen LogP contribution is -2.34. The van der Waals surface area contributed by atoms with Gasteiger partial charge in [-0.05, 0) is 6.07 Å². The van der Waals surface area contributed by atoms with E-state index in [1.54, 1.807) is 12.5 Å². The first kappa shape index (κ1) is 9.58. The van der Waals surface area contributed by atoms with Gasteiger partial charge in [0.15, 0.2) is 0 Å².